The van der Waals surface area contributed by atoms with Gasteiger partial charge in [0.25, 0.3) is 0 Å². The highest BCUT2D eigenvalue weighted by molar-refractivity contribution is 7.38. The van der Waals surface area contributed by atoms with Crippen molar-refractivity contribution in [2.24, 2.45) is 0 Å². The molecule has 74 valence electrons. The third kappa shape index (κ3) is 1.39. The average Bonchev–Trinajstić information content (AvgIpc) is 3.02. The molecule has 0 N–H and O–H groups in total. The molecule has 0 aromatic carbocycles. The Morgan fingerprint density at radius 1 is 0.800 bits per heavy atom. The normalized spacial score (nSPS) is 17.3. The van der Waals surface area contributed by atoms with Crippen molar-refractivity contribution in [2.75, 3.05) is 0 Å². The fourth-order valence-corrected chi connectivity index (χ4v) is 9.09. The first-order valence-corrected chi connectivity index (χ1v) is 8.78. The number of rotatable bonds is 2. The minimum Gasteiger partial charge on any atom is -0.152 e. The molecule has 0 aliphatic carbocycles. The van der Waals surface area contributed by atoms with Crippen LogP contribution in [0.15, 0.2) is 58.6 Å². The molecule has 0 amide bonds. The van der Waals surface area contributed by atoms with Crippen molar-refractivity contribution in [3.63, 3.8) is 0 Å². The van der Waals surface area contributed by atoms with Crippen LogP contribution in [0, 0.1) is 0 Å². The molecule has 3 rings (SSSR count). The molecule has 0 saturated heterocycles. The van der Waals surface area contributed by atoms with Crippen LogP contribution in [0.25, 0.3) is 0 Å². The molecule has 1 aliphatic heterocycles. The molecule has 0 bridgehead atoms. The standard InChI is InChI=1S/C12H10S2Si/c1-2-10-15(9-1,11-5-3-7-13-11)12-6-4-8-14-12/h1-10H. The second kappa shape index (κ2) is 3.59. The second-order valence-electron chi connectivity index (χ2n) is 3.54. The molecule has 0 atom stereocenters. The quantitative estimate of drug-likeness (QED) is 0.715. The van der Waals surface area contributed by atoms with Gasteiger partial charge in [0.05, 0.1) is 0 Å². The summed E-state index contributed by atoms with van der Waals surface area (Å²) in [5.74, 6) is 0. The van der Waals surface area contributed by atoms with Crippen LogP contribution in [0.1, 0.15) is 0 Å². The van der Waals surface area contributed by atoms with Gasteiger partial charge in [0, 0.05) is 9.00 Å². The highest BCUT2D eigenvalue weighted by Gasteiger charge is 2.35. The Kier molecular flexibility index (Phi) is 2.24. The van der Waals surface area contributed by atoms with E-state index < -0.39 is 8.07 Å². The van der Waals surface area contributed by atoms with Crippen molar-refractivity contribution in [3.05, 3.63) is 58.6 Å². The maximum Gasteiger partial charge on any atom is 0.188 e. The average molecular weight is 246 g/mol. The number of allylic oxidation sites excluding steroid dienone is 2. The first kappa shape index (κ1) is 9.33. The third-order valence-corrected chi connectivity index (χ3v) is 10.2. The molecule has 1 aliphatic rings. The Morgan fingerprint density at radius 2 is 1.33 bits per heavy atom. The summed E-state index contributed by atoms with van der Waals surface area (Å²) in [6.45, 7) is 0. The van der Waals surface area contributed by atoms with Crippen molar-refractivity contribution in [1.29, 1.82) is 0 Å². The number of thiophene rings is 2. The minimum absolute atomic E-state index is 1.54. The van der Waals surface area contributed by atoms with Crippen molar-refractivity contribution >= 4 is 39.7 Å². The van der Waals surface area contributed by atoms with Gasteiger partial charge in [-0.3, -0.25) is 0 Å². The van der Waals surface area contributed by atoms with Crippen LogP contribution < -0.4 is 9.00 Å². The highest BCUT2D eigenvalue weighted by Crippen LogP contribution is 2.18. The van der Waals surface area contributed by atoms with Crippen molar-refractivity contribution in [3.8, 4) is 0 Å². The molecule has 0 spiro atoms. The molecular weight excluding hydrogens is 236 g/mol. The van der Waals surface area contributed by atoms with Crippen LogP contribution in [0.2, 0.25) is 0 Å². The fraction of sp³-hybridized carbons (Fsp3) is 0. The Hall–Kier alpha value is -0.903. The van der Waals surface area contributed by atoms with Crippen molar-refractivity contribution in [2.45, 2.75) is 0 Å². The zero-order chi connectivity index (χ0) is 10.1. The summed E-state index contributed by atoms with van der Waals surface area (Å²) in [5.41, 5.74) is 4.84. The first-order chi connectivity index (χ1) is 7.42. The Bertz CT molecular complexity index is 443. The van der Waals surface area contributed by atoms with E-state index in [9.17, 15) is 0 Å². The SMILES string of the molecule is C1=C[Si](c2cccs2)(c2cccs2)C=C1. The summed E-state index contributed by atoms with van der Waals surface area (Å²) in [4.78, 5) is 0. The fourth-order valence-electron chi connectivity index (χ4n) is 1.95. The van der Waals surface area contributed by atoms with Gasteiger partial charge in [-0.05, 0) is 10.8 Å². The summed E-state index contributed by atoms with van der Waals surface area (Å²) >= 11 is 3.77. The van der Waals surface area contributed by atoms with E-state index >= 15 is 0 Å². The van der Waals surface area contributed by atoms with Gasteiger partial charge in [-0.1, -0.05) is 47.8 Å². The molecule has 0 fully saturated rings. The van der Waals surface area contributed by atoms with E-state index in [-0.39, 0.29) is 0 Å². The van der Waals surface area contributed by atoms with Gasteiger partial charge < -0.3 is 0 Å². The third-order valence-electron chi connectivity index (χ3n) is 2.69. The van der Waals surface area contributed by atoms with Gasteiger partial charge in [-0.25, -0.2) is 0 Å². The van der Waals surface area contributed by atoms with Crippen LogP contribution >= 0.6 is 22.7 Å². The lowest BCUT2D eigenvalue weighted by molar-refractivity contribution is 2.00. The van der Waals surface area contributed by atoms with E-state index in [0.29, 0.717) is 0 Å². The predicted molar refractivity (Wildman–Crippen MR) is 71.9 cm³/mol. The molecule has 3 heteroatoms. The monoisotopic (exact) mass is 246 g/mol. The smallest absolute Gasteiger partial charge is 0.152 e. The topological polar surface area (TPSA) is 0 Å². The second-order valence-corrected chi connectivity index (χ2v) is 9.64. The van der Waals surface area contributed by atoms with E-state index in [4.69, 9.17) is 0 Å². The molecule has 0 saturated carbocycles. The molecular formula is C12H10S2Si. The molecule has 0 radical (unpaired) electrons. The summed E-state index contributed by atoms with van der Waals surface area (Å²) in [6, 6.07) is 8.86. The van der Waals surface area contributed by atoms with Crippen LogP contribution in [-0.2, 0) is 0 Å². The van der Waals surface area contributed by atoms with Gasteiger partial charge in [0.1, 0.15) is 0 Å². The van der Waals surface area contributed by atoms with E-state index in [2.05, 4.69) is 58.6 Å². The summed E-state index contributed by atoms with van der Waals surface area (Å²) < 4.78 is 3.07. The van der Waals surface area contributed by atoms with Crippen LogP contribution in [0.5, 0.6) is 0 Å². The van der Waals surface area contributed by atoms with E-state index in [1.54, 1.807) is 0 Å². The van der Waals surface area contributed by atoms with Crippen molar-refractivity contribution < 1.29 is 0 Å². The first-order valence-electron chi connectivity index (χ1n) is 4.87. The van der Waals surface area contributed by atoms with Gasteiger partial charge in [0.2, 0.25) is 0 Å². The predicted octanol–water partition coefficient (Wildman–Crippen LogP) is 2.58. The summed E-state index contributed by atoms with van der Waals surface area (Å²) in [5, 5.41) is 4.36. The maximum absolute atomic E-state index is 2.42. The van der Waals surface area contributed by atoms with E-state index in [0.717, 1.165) is 0 Å². The van der Waals surface area contributed by atoms with Gasteiger partial charge in [-0.15, -0.1) is 0 Å². The lowest BCUT2D eigenvalue weighted by atomic mass is 10.6. The molecule has 3 heterocycles. The zero-order valence-electron chi connectivity index (χ0n) is 8.09. The molecule has 15 heavy (non-hydrogen) atoms. The Morgan fingerprint density at radius 3 is 1.73 bits per heavy atom. The van der Waals surface area contributed by atoms with Crippen molar-refractivity contribution in [1.82, 2.24) is 0 Å². The largest absolute Gasteiger partial charge is 0.188 e. The number of hydrogen-bond acceptors (Lipinski definition) is 2. The van der Waals surface area contributed by atoms with Crippen LogP contribution in [0.4, 0.5) is 0 Å². The van der Waals surface area contributed by atoms with Gasteiger partial charge >= 0.3 is 0 Å². The maximum atomic E-state index is 2.42. The highest BCUT2D eigenvalue weighted by atomic mass is 32.1. The molecule has 2 aromatic rings. The van der Waals surface area contributed by atoms with E-state index in [1.165, 1.54) is 9.00 Å². The van der Waals surface area contributed by atoms with Gasteiger partial charge in [-0.2, -0.15) is 22.7 Å². The molecule has 0 unspecified atom stereocenters. The summed E-state index contributed by atoms with van der Waals surface area (Å²) in [6.07, 6.45) is 4.40. The summed E-state index contributed by atoms with van der Waals surface area (Å²) in [7, 11) is -1.60. The lowest BCUT2D eigenvalue weighted by Crippen LogP contribution is -2.52. The van der Waals surface area contributed by atoms with Gasteiger partial charge in [0.15, 0.2) is 8.07 Å². The zero-order valence-corrected chi connectivity index (χ0v) is 10.7. The molecule has 0 nitrogen and oxygen atoms in total. The van der Waals surface area contributed by atoms with Crippen LogP contribution in [0.3, 0.4) is 0 Å². The van der Waals surface area contributed by atoms with E-state index in [1.807, 2.05) is 22.7 Å². The Balaban J connectivity index is 2.20. The number of hydrogen-bond donors (Lipinski definition) is 0. The van der Waals surface area contributed by atoms with Crippen LogP contribution in [-0.4, -0.2) is 8.07 Å². The molecule has 2 aromatic heterocycles. The Labute approximate surface area is 98.2 Å². The minimum atomic E-state index is -1.60. The lowest BCUT2D eigenvalue weighted by Gasteiger charge is -2.19.